The van der Waals surface area contributed by atoms with E-state index < -0.39 is 23.4 Å². The van der Waals surface area contributed by atoms with Crippen LogP contribution >= 0.6 is 0 Å². The molecule has 0 amide bonds. The molecule has 0 unspecified atom stereocenters. The molecule has 21 heavy (non-hydrogen) atoms. The van der Waals surface area contributed by atoms with Gasteiger partial charge in [-0.1, -0.05) is 0 Å². The van der Waals surface area contributed by atoms with Crippen LogP contribution in [0.25, 0.3) is 0 Å². The summed E-state index contributed by atoms with van der Waals surface area (Å²) in [5, 5.41) is 0. The van der Waals surface area contributed by atoms with Gasteiger partial charge in [-0.25, -0.2) is 9.78 Å². The first-order valence-corrected chi connectivity index (χ1v) is 6.17. The Morgan fingerprint density at radius 2 is 1.95 bits per heavy atom. The lowest BCUT2D eigenvalue weighted by molar-refractivity contribution is -0.141. The topological polar surface area (TPSA) is 51.7 Å². The highest BCUT2D eigenvalue weighted by Gasteiger charge is 2.42. The van der Waals surface area contributed by atoms with Crippen molar-refractivity contribution in [3.05, 3.63) is 23.4 Å². The molecule has 1 aliphatic rings. The number of pyridine rings is 1. The van der Waals surface area contributed by atoms with Crippen LogP contribution in [0.15, 0.2) is 12.1 Å². The highest BCUT2D eigenvalue weighted by Crippen LogP contribution is 2.34. The van der Waals surface area contributed by atoms with E-state index in [1.54, 1.807) is 4.90 Å². The largest absolute Gasteiger partial charge is 0.465 e. The van der Waals surface area contributed by atoms with E-state index in [0.717, 1.165) is 12.1 Å². The third kappa shape index (κ3) is 2.94. The molecular weight excluding hydrogens is 289 g/mol. The summed E-state index contributed by atoms with van der Waals surface area (Å²) in [6.07, 6.45) is -4.57. The molecule has 0 saturated carbocycles. The molecule has 0 spiro atoms. The van der Waals surface area contributed by atoms with Gasteiger partial charge in [-0.05, 0) is 19.1 Å². The summed E-state index contributed by atoms with van der Waals surface area (Å²) in [6, 6.07) is 1.85. The van der Waals surface area contributed by atoms with Gasteiger partial charge in [-0.15, -0.1) is 0 Å². The Kier molecular flexibility index (Phi) is 3.83. The summed E-state index contributed by atoms with van der Waals surface area (Å²) < 4.78 is 48.1. The van der Waals surface area contributed by atoms with Crippen LogP contribution in [0.5, 0.6) is 0 Å². The van der Waals surface area contributed by atoms with Crippen LogP contribution in [-0.2, 0) is 15.7 Å². The fraction of sp³-hybridized carbons (Fsp3) is 0.538. The molecular formula is C13H15F3N2O3. The van der Waals surface area contributed by atoms with Gasteiger partial charge in [0.05, 0.1) is 12.7 Å². The molecule has 0 radical (unpaired) electrons. The molecule has 0 atom stereocenters. The Balaban J connectivity index is 2.38. The van der Waals surface area contributed by atoms with Crippen molar-refractivity contribution in [2.45, 2.75) is 18.7 Å². The zero-order valence-corrected chi connectivity index (χ0v) is 11.8. The number of carbonyl (C=O) groups excluding carboxylic acids is 1. The predicted octanol–water partition coefficient (Wildman–Crippen LogP) is 2.11. The number of anilines is 1. The maximum absolute atomic E-state index is 12.8. The van der Waals surface area contributed by atoms with E-state index in [0.29, 0.717) is 13.1 Å². The van der Waals surface area contributed by atoms with Crippen molar-refractivity contribution in [3.8, 4) is 0 Å². The highest BCUT2D eigenvalue weighted by atomic mass is 19.4. The van der Waals surface area contributed by atoms with Crippen LogP contribution in [0.1, 0.15) is 23.0 Å². The summed E-state index contributed by atoms with van der Waals surface area (Å²) in [7, 11) is 2.69. The number of ether oxygens (including phenoxy) is 2. The average Bonchev–Trinajstić information content (AvgIpc) is 2.41. The van der Waals surface area contributed by atoms with Gasteiger partial charge in [-0.2, -0.15) is 13.2 Å². The Bertz CT molecular complexity index is 554. The van der Waals surface area contributed by atoms with Gasteiger partial charge in [0.2, 0.25) is 0 Å². The molecule has 0 N–H and O–H groups in total. The molecule has 1 saturated heterocycles. The first kappa shape index (κ1) is 15.6. The molecule has 0 bridgehead atoms. The fourth-order valence-corrected chi connectivity index (χ4v) is 2.16. The van der Waals surface area contributed by atoms with E-state index in [1.807, 2.05) is 6.92 Å². The SMILES string of the molecule is COC(=O)c1ccc(C(F)(F)F)nc1N1CC(C)(OC)C1. The number of nitrogens with zero attached hydrogens (tertiary/aromatic N) is 2. The van der Waals surface area contributed by atoms with Crippen molar-refractivity contribution in [3.63, 3.8) is 0 Å². The minimum Gasteiger partial charge on any atom is -0.465 e. The minimum absolute atomic E-state index is 0.00338. The monoisotopic (exact) mass is 304 g/mol. The number of rotatable bonds is 3. The van der Waals surface area contributed by atoms with E-state index in [1.165, 1.54) is 14.2 Å². The van der Waals surface area contributed by atoms with Crippen LogP contribution in [0.3, 0.4) is 0 Å². The highest BCUT2D eigenvalue weighted by molar-refractivity contribution is 5.95. The molecule has 8 heteroatoms. The smallest absolute Gasteiger partial charge is 0.433 e. The lowest BCUT2D eigenvalue weighted by Gasteiger charge is -2.47. The standard InChI is InChI=1S/C13H15F3N2O3/c1-12(21-3)6-18(7-12)10-8(11(19)20-2)4-5-9(17-10)13(14,15)16/h4-5H,6-7H2,1-3H3. The minimum atomic E-state index is -4.57. The molecule has 2 heterocycles. The number of carbonyl (C=O) groups is 1. The lowest BCUT2D eigenvalue weighted by Crippen LogP contribution is -2.61. The summed E-state index contributed by atoms with van der Waals surface area (Å²) >= 11 is 0. The zero-order chi connectivity index (χ0) is 15.8. The van der Waals surface area contributed by atoms with Gasteiger partial charge < -0.3 is 14.4 Å². The maximum Gasteiger partial charge on any atom is 0.433 e. The van der Waals surface area contributed by atoms with Crippen LogP contribution < -0.4 is 4.90 Å². The molecule has 5 nitrogen and oxygen atoms in total. The second kappa shape index (κ2) is 5.18. The summed E-state index contributed by atoms with van der Waals surface area (Å²) in [5.74, 6) is -0.761. The van der Waals surface area contributed by atoms with E-state index in [2.05, 4.69) is 9.72 Å². The third-order valence-electron chi connectivity index (χ3n) is 3.41. The average molecular weight is 304 g/mol. The first-order valence-electron chi connectivity index (χ1n) is 6.17. The third-order valence-corrected chi connectivity index (χ3v) is 3.41. The molecule has 0 aliphatic carbocycles. The molecule has 1 aromatic heterocycles. The predicted molar refractivity (Wildman–Crippen MR) is 68.2 cm³/mol. The Labute approximate surface area is 119 Å². The van der Waals surface area contributed by atoms with Crippen LogP contribution in [-0.4, -0.2) is 43.9 Å². The van der Waals surface area contributed by atoms with Gasteiger partial charge in [0, 0.05) is 20.2 Å². The van der Waals surface area contributed by atoms with Crippen molar-refractivity contribution >= 4 is 11.8 Å². The van der Waals surface area contributed by atoms with Crippen molar-refractivity contribution < 1.29 is 27.4 Å². The molecule has 116 valence electrons. The molecule has 1 aromatic rings. The van der Waals surface area contributed by atoms with Crippen LogP contribution in [0.4, 0.5) is 19.0 Å². The summed E-state index contributed by atoms with van der Waals surface area (Å²) in [6.45, 7) is 2.53. The number of halogens is 3. The van der Waals surface area contributed by atoms with Gasteiger partial charge in [0.15, 0.2) is 0 Å². The quantitative estimate of drug-likeness (QED) is 0.801. The lowest BCUT2D eigenvalue weighted by atomic mass is 9.96. The van der Waals surface area contributed by atoms with Crippen molar-refractivity contribution in [2.75, 3.05) is 32.2 Å². The Hall–Kier alpha value is -1.83. The number of alkyl halides is 3. The fourth-order valence-electron chi connectivity index (χ4n) is 2.16. The van der Waals surface area contributed by atoms with Gasteiger partial charge in [0.25, 0.3) is 0 Å². The molecule has 1 fully saturated rings. The molecule has 2 rings (SSSR count). The first-order chi connectivity index (χ1) is 9.70. The summed E-state index contributed by atoms with van der Waals surface area (Å²) in [5.41, 5.74) is -1.50. The Morgan fingerprint density at radius 1 is 1.33 bits per heavy atom. The van der Waals surface area contributed by atoms with E-state index >= 15 is 0 Å². The number of methoxy groups -OCH3 is 2. The van der Waals surface area contributed by atoms with E-state index in [9.17, 15) is 18.0 Å². The van der Waals surface area contributed by atoms with Crippen molar-refractivity contribution in [1.82, 2.24) is 4.98 Å². The number of hydrogen-bond donors (Lipinski definition) is 0. The summed E-state index contributed by atoms with van der Waals surface area (Å²) in [4.78, 5) is 16.8. The van der Waals surface area contributed by atoms with Crippen molar-refractivity contribution in [1.29, 1.82) is 0 Å². The second-order valence-electron chi connectivity index (χ2n) is 5.07. The van der Waals surface area contributed by atoms with Crippen molar-refractivity contribution in [2.24, 2.45) is 0 Å². The zero-order valence-electron chi connectivity index (χ0n) is 11.8. The molecule has 1 aliphatic heterocycles. The second-order valence-corrected chi connectivity index (χ2v) is 5.07. The van der Waals surface area contributed by atoms with Gasteiger partial charge in [0.1, 0.15) is 17.1 Å². The number of aromatic nitrogens is 1. The van der Waals surface area contributed by atoms with Crippen LogP contribution in [0.2, 0.25) is 0 Å². The molecule has 0 aromatic carbocycles. The number of hydrogen-bond acceptors (Lipinski definition) is 5. The number of esters is 1. The van der Waals surface area contributed by atoms with Crippen LogP contribution in [0, 0.1) is 0 Å². The Morgan fingerprint density at radius 3 is 2.43 bits per heavy atom. The van der Waals surface area contributed by atoms with Gasteiger partial charge >= 0.3 is 12.1 Å². The van der Waals surface area contributed by atoms with Gasteiger partial charge in [-0.3, -0.25) is 0 Å². The van der Waals surface area contributed by atoms with E-state index in [4.69, 9.17) is 4.74 Å². The normalized spacial score (nSPS) is 17.3. The van der Waals surface area contributed by atoms with E-state index in [-0.39, 0.29) is 11.4 Å². The maximum atomic E-state index is 12.8.